The van der Waals surface area contributed by atoms with Crippen molar-refractivity contribution in [1.29, 1.82) is 0 Å². The highest BCUT2D eigenvalue weighted by Gasteiger charge is 2.07. The van der Waals surface area contributed by atoms with Gasteiger partial charge in [-0.3, -0.25) is 0 Å². The Morgan fingerprint density at radius 3 is 2.92 bits per heavy atom. The average molecular weight is 257 g/mol. The third-order valence-electron chi connectivity index (χ3n) is 1.42. The van der Waals surface area contributed by atoms with Crippen LogP contribution >= 0.6 is 27.3 Å². The van der Waals surface area contributed by atoms with Gasteiger partial charge in [-0.15, -0.1) is 21.5 Å². The molecule has 2 N–H and O–H groups in total. The molecule has 13 heavy (non-hydrogen) atoms. The van der Waals surface area contributed by atoms with E-state index in [1.807, 2.05) is 17.5 Å². The van der Waals surface area contributed by atoms with Crippen LogP contribution in [-0.4, -0.2) is 15.2 Å². The molecule has 0 fully saturated rings. The van der Waals surface area contributed by atoms with Gasteiger partial charge in [0, 0.05) is 0 Å². The van der Waals surface area contributed by atoms with Gasteiger partial charge in [0.05, 0.1) is 4.88 Å². The molecule has 0 radical (unpaired) electrons. The lowest BCUT2D eigenvalue weighted by Crippen LogP contribution is -1.99. The summed E-state index contributed by atoms with van der Waals surface area (Å²) in [6.07, 6.45) is 0. The van der Waals surface area contributed by atoms with Crippen LogP contribution in [0, 0.1) is 0 Å². The average Bonchev–Trinajstić information content (AvgIpc) is 2.61. The van der Waals surface area contributed by atoms with Crippen molar-refractivity contribution in [3.8, 4) is 10.6 Å². The fourth-order valence-corrected chi connectivity index (χ4v) is 2.12. The number of nitrogen functional groups attached to an aromatic ring is 1. The molecule has 0 saturated heterocycles. The second-order valence-corrected chi connectivity index (χ2v) is 3.99. The molecule has 0 bridgehead atoms. The van der Waals surface area contributed by atoms with Crippen LogP contribution in [0.1, 0.15) is 0 Å². The van der Waals surface area contributed by atoms with Crippen LogP contribution in [-0.2, 0) is 0 Å². The van der Waals surface area contributed by atoms with Crippen LogP contribution in [0.15, 0.2) is 22.1 Å². The smallest absolute Gasteiger partial charge is 0.240 e. The molecule has 0 unspecified atom stereocenters. The quantitative estimate of drug-likeness (QED) is 0.847. The number of nitrogens with zero attached hydrogens (tertiary/aromatic N) is 3. The van der Waals surface area contributed by atoms with Crippen molar-refractivity contribution in [3.63, 3.8) is 0 Å². The van der Waals surface area contributed by atoms with Gasteiger partial charge in [0.15, 0.2) is 4.60 Å². The summed E-state index contributed by atoms with van der Waals surface area (Å²) in [5.41, 5.74) is 6.17. The SMILES string of the molecule is Nc1nnc(Br)c(-c2cccs2)n1. The number of nitrogens with two attached hydrogens (primary N) is 1. The molecule has 0 spiro atoms. The lowest BCUT2D eigenvalue weighted by atomic mass is 10.4. The lowest BCUT2D eigenvalue weighted by molar-refractivity contribution is 0.968. The highest BCUT2D eigenvalue weighted by molar-refractivity contribution is 9.10. The minimum absolute atomic E-state index is 0.187. The molecule has 0 aliphatic rings. The normalized spacial score (nSPS) is 10.2. The van der Waals surface area contributed by atoms with E-state index in [1.165, 1.54) is 0 Å². The summed E-state index contributed by atoms with van der Waals surface area (Å²) in [5, 5.41) is 9.42. The van der Waals surface area contributed by atoms with Crippen LogP contribution in [0.2, 0.25) is 0 Å². The summed E-state index contributed by atoms with van der Waals surface area (Å²) in [7, 11) is 0. The topological polar surface area (TPSA) is 64.7 Å². The summed E-state index contributed by atoms with van der Waals surface area (Å²) >= 11 is 4.85. The first-order valence-electron chi connectivity index (χ1n) is 3.47. The largest absolute Gasteiger partial charge is 0.366 e. The Balaban J connectivity index is 2.57. The molecular weight excluding hydrogens is 252 g/mol. The summed E-state index contributed by atoms with van der Waals surface area (Å²) in [5.74, 6) is 0.187. The van der Waals surface area contributed by atoms with Gasteiger partial charge in [0.25, 0.3) is 0 Å². The number of rotatable bonds is 1. The number of hydrogen-bond donors (Lipinski definition) is 1. The molecule has 6 heteroatoms. The standard InChI is InChI=1S/C7H5BrN4S/c8-6-5(4-2-1-3-13-4)10-7(9)12-11-6/h1-3H,(H2,9,10,12). The van der Waals surface area contributed by atoms with Crippen LogP contribution in [0.3, 0.4) is 0 Å². The number of hydrogen-bond acceptors (Lipinski definition) is 5. The Morgan fingerprint density at radius 1 is 1.38 bits per heavy atom. The number of aromatic nitrogens is 3. The summed E-state index contributed by atoms with van der Waals surface area (Å²) in [6.45, 7) is 0. The summed E-state index contributed by atoms with van der Waals surface area (Å²) in [4.78, 5) is 5.10. The highest BCUT2D eigenvalue weighted by Crippen LogP contribution is 2.27. The van der Waals surface area contributed by atoms with Crippen LogP contribution < -0.4 is 5.73 Å². The first kappa shape index (κ1) is 8.58. The van der Waals surface area contributed by atoms with Gasteiger partial charge in [-0.25, -0.2) is 4.98 Å². The predicted molar refractivity (Wildman–Crippen MR) is 55.3 cm³/mol. The third kappa shape index (κ3) is 1.68. The van der Waals surface area contributed by atoms with E-state index in [1.54, 1.807) is 11.3 Å². The van der Waals surface area contributed by atoms with Crippen molar-refractivity contribution >= 4 is 33.2 Å². The Hall–Kier alpha value is -1.01. The zero-order valence-corrected chi connectivity index (χ0v) is 8.84. The van der Waals surface area contributed by atoms with Gasteiger partial charge >= 0.3 is 0 Å². The van der Waals surface area contributed by atoms with E-state index in [-0.39, 0.29) is 5.95 Å². The molecular formula is C7H5BrN4S. The number of anilines is 1. The predicted octanol–water partition coefficient (Wildman–Crippen LogP) is 1.94. The fraction of sp³-hybridized carbons (Fsp3) is 0. The maximum atomic E-state index is 5.43. The minimum Gasteiger partial charge on any atom is -0.366 e. The molecule has 0 aliphatic carbocycles. The molecule has 0 atom stereocenters. The Kier molecular flexibility index (Phi) is 2.24. The molecule has 0 aliphatic heterocycles. The maximum Gasteiger partial charge on any atom is 0.240 e. The Labute approximate surface area is 87.0 Å². The third-order valence-corrected chi connectivity index (χ3v) is 2.83. The second kappa shape index (κ2) is 3.39. The van der Waals surface area contributed by atoms with E-state index in [0.29, 0.717) is 4.60 Å². The van der Waals surface area contributed by atoms with Crippen molar-refractivity contribution in [3.05, 3.63) is 22.1 Å². The van der Waals surface area contributed by atoms with Gasteiger partial charge in [0.2, 0.25) is 5.95 Å². The first-order chi connectivity index (χ1) is 6.27. The zero-order chi connectivity index (χ0) is 9.26. The molecule has 2 aromatic rings. The summed E-state index contributed by atoms with van der Waals surface area (Å²) in [6, 6.07) is 3.91. The van der Waals surface area contributed by atoms with Crippen LogP contribution in [0.5, 0.6) is 0 Å². The van der Waals surface area contributed by atoms with Gasteiger partial charge < -0.3 is 5.73 Å². The van der Waals surface area contributed by atoms with E-state index >= 15 is 0 Å². The van der Waals surface area contributed by atoms with Gasteiger partial charge in [-0.1, -0.05) is 6.07 Å². The van der Waals surface area contributed by atoms with Crippen LogP contribution in [0.4, 0.5) is 5.95 Å². The Bertz CT molecular complexity index is 414. The monoisotopic (exact) mass is 256 g/mol. The lowest BCUT2D eigenvalue weighted by Gasteiger charge is -1.98. The van der Waals surface area contributed by atoms with E-state index in [4.69, 9.17) is 5.73 Å². The van der Waals surface area contributed by atoms with Crippen molar-refractivity contribution in [1.82, 2.24) is 15.2 Å². The number of halogens is 1. The van der Waals surface area contributed by atoms with Gasteiger partial charge in [-0.05, 0) is 27.4 Å². The number of thiophene rings is 1. The fourth-order valence-electron chi connectivity index (χ4n) is 0.896. The van der Waals surface area contributed by atoms with Crippen LogP contribution in [0.25, 0.3) is 10.6 Å². The maximum absolute atomic E-state index is 5.43. The van der Waals surface area contributed by atoms with Gasteiger partial charge in [-0.2, -0.15) is 0 Å². The van der Waals surface area contributed by atoms with Crippen molar-refractivity contribution in [2.24, 2.45) is 0 Å². The van der Waals surface area contributed by atoms with E-state index < -0.39 is 0 Å². The van der Waals surface area contributed by atoms with E-state index in [9.17, 15) is 0 Å². The highest BCUT2D eigenvalue weighted by atomic mass is 79.9. The van der Waals surface area contributed by atoms with Crippen molar-refractivity contribution < 1.29 is 0 Å². The Morgan fingerprint density at radius 2 is 2.23 bits per heavy atom. The zero-order valence-electron chi connectivity index (χ0n) is 6.44. The molecule has 2 aromatic heterocycles. The molecule has 0 amide bonds. The molecule has 66 valence electrons. The molecule has 4 nitrogen and oxygen atoms in total. The second-order valence-electron chi connectivity index (χ2n) is 2.29. The van der Waals surface area contributed by atoms with E-state index in [2.05, 4.69) is 31.1 Å². The van der Waals surface area contributed by atoms with Crippen molar-refractivity contribution in [2.75, 3.05) is 5.73 Å². The molecule has 0 saturated carbocycles. The summed E-state index contributed by atoms with van der Waals surface area (Å²) < 4.78 is 0.615. The first-order valence-corrected chi connectivity index (χ1v) is 5.14. The van der Waals surface area contributed by atoms with Crippen molar-refractivity contribution in [2.45, 2.75) is 0 Å². The van der Waals surface area contributed by atoms with E-state index in [0.717, 1.165) is 10.6 Å². The molecule has 0 aromatic carbocycles. The molecule has 2 rings (SSSR count). The van der Waals surface area contributed by atoms with Gasteiger partial charge in [0.1, 0.15) is 5.69 Å². The molecule has 2 heterocycles. The minimum atomic E-state index is 0.187.